The molecule has 1 aromatic heterocycles. The zero-order valence-electron chi connectivity index (χ0n) is 10.5. The minimum Gasteiger partial charge on any atom is -0.508 e. The zero-order chi connectivity index (χ0) is 13.8. The van der Waals surface area contributed by atoms with E-state index in [0.717, 1.165) is 5.01 Å². The summed E-state index contributed by atoms with van der Waals surface area (Å²) in [5.41, 5.74) is 6.34. The highest BCUT2D eigenvalue weighted by Crippen LogP contribution is 2.19. The maximum atomic E-state index is 12.0. The van der Waals surface area contributed by atoms with Crippen LogP contribution in [0, 0.1) is 0 Å². The van der Waals surface area contributed by atoms with Gasteiger partial charge in [-0.25, -0.2) is 4.98 Å². The van der Waals surface area contributed by atoms with Crippen molar-refractivity contribution in [2.75, 3.05) is 12.3 Å². The van der Waals surface area contributed by atoms with Crippen LogP contribution in [0.1, 0.15) is 28.2 Å². The predicted octanol–water partition coefficient (Wildman–Crippen LogP) is 1.96. The summed E-state index contributed by atoms with van der Waals surface area (Å²) in [5, 5.41) is 15.0. The lowest BCUT2D eigenvalue weighted by Gasteiger charge is -2.11. The number of anilines is 1. The highest BCUT2D eigenvalue weighted by Gasteiger charge is 2.13. The van der Waals surface area contributed by atoms with E-state index in [1.165, 1.54) is 18.2 Å². The number of benzene rings is 1. The quantitative estimate of drug-likeness (QED) is 0.589. The van der Waals surface area contributed by atoms with Crippen LogP contribution in [0.15, 0.2) is 29.8 Å². The number of thiazole rings is 1. The SMILES string of the molecule is CC(CNC(=O)c1cc(O)ccc1N)c1nccs1. The van der Waals surface area contributed by atoms with Crippen LogP contribution >= 0.6 is 11.3 Å². The molecule has 1 heterocycles. The summed E-state index contributed by atoms with van der Waals surface area (Å²) < 4.78 is 0. The number of nitrogens with two attached hydrogens (primary N) is 1. The molecule has 0 saturated carbocycles. The number of rotatable bonds is 4. The van der Waals surface area contributed by atoms with Crippen molar-refractivity contribution in [3.63, 3.8) is 0 Å². The van der Waals surface area contributed by atoms with Crippen LogP contribution in [0.2, 0.25) is 0 Å². The van der Waals surface area contributed by atoms with E-state index in [-0.39, 0.29) is 23.1 Å². The van der Waals surface area contributed by atoms with Gasteiger partial charge in [0.05, 0.1) is 10.6 Å². The first-order valence-electron chi connectivity index (χ1n) is 5.84. The second-order valence-electron chi connectivity index (χ2n) is 4.25. The molecule has 1 aromatic carbocycles. The number of carbonyl (C=O) groups excluding carboxylic acids is 1. The Morgan fingerprint density at radius 1 is 1.58 bits per heavy atom. The van der Waals surface area contributed by atoms with Crippen molar-refractivity contribution in [1.82, 2.24) is 10.3 Å². The van der Waals surface area contributed by atoms with Gasteiger partial charge in [0.25, 0.3) is 5.91 Å². The van der Waals surface area contributed by atoms with Gasteiger partial charge in [-0.05, 0) is 18.2 Å². The fraction of sp³-hybridized carbons (Fsp3) is 0.231. The van der Waals surface area contributed by atoms with Crippen LogP contribution in [0.25, 0.3) is 0 Å². The van der Waals surface area contributed by atoms with E-state index in [9.17, 15) is 9.90 Å². The molecule has 4 N–H and O–H groups in total. The van der Waals surface area contributed by atoms with Crippen molar-refractivity contribution in [2.45, 2.75) is 12.8 Å². The lowest BCUT2D eigenvalue weighted by Crippen LogP contribution is -2.28. The molecular formula is C13H15N3O2S. The molecule has 0 bridgehead atoms. The summed E-state index contributed by atoms with van der Waals surface area (Å²) in [5.74, 6) is -0.133. The first kappa shape index (κ1) is 13.4. The third-order valence-corrected chi connectivity index (χ3v) is 3.73. The normalized spacial score (nSPS) is 12.1. The lowest BCUT2D eigenvalue weighted by atomic mass is 10.1. The highest BCUT2D eigenvalue weighted by atomic mass is 32.1. The Kier molecular flexibility index (Phi) is 4.01. The minimum atomic E-state index is -0.295. The van der Waals surface area contributed by atoms with Crippen LogP contribution in [0.4, 0.5) is 5.69 Å². The maximum Gasteiger partial charge on any atom is 0.253 e. The molecule has 19 heavy (non-hydrogen) atoms. The molecule has 0 aliphatic carbocycles. The maximum absolute atomic E-state index is 12.0. The Bertz CT molecular complexity index is 569. The molecule has 2 aromatic rings. The van der Waals surface area contributed by atoms with Crippen LogP contribution in [0.3, 0.4) is 0 Å². The average molecular weight is 277 g/mol. The largest absolute Gasteiger partial charge is 0.508 e. The number of carbonyl (C=O) groups is 1. The topological polar surface area (TPSA) is 88.2 Å². The second kappa shape index (κ2) is 5.71. The van der Waals surface area contributed by atoms with Gasteiger partial charge < -0.3 is 16.2 Å². The molecule has 0 saturated heterocycles. The number of nitrogen functional groups attached to an aromatic ring is 1. The van der Waals surface area contributed by atoms with E-state index >= 15 is 0 Å². The Hall–Kier alpha value is -2.08. The van der Waals surface area contributed by atoms with Gasteiger partial charge in [-0.1, -0.05) is 6.92 Å². The summed E-state index contributed by atoms with van der Waals surface area (Å²) in [6.07, 6.45) is 1.74. The van der Waals surface area contributed by atoms with Crippen LogP contribution in [0.5, 0.6) is 5.75 Å². The first-order chi connectivity index (χ1) is 9.08. The third kappa shape index (κ3) is 3.23. The number of aromatic nitrogens is 1. The Labute approximate surface area is 115 Å². The van der Waals surface area contributed by atoms with Gasteiger partial charge in [0.15, 0.2) is 0 Å². The second-order valence-corrected chi connectivity index (χ2v) is 5.18. The molecule has 0 radical (unpaired) electrons. The van der Waals surface area contributed by atoms with E-state index in [4.69, 9.17) is 5.73 Å². The Balaban J connectivity index is 2.00. The smallest absolute Gasteiger partial charge is 0.253 e. The van der Waals surface area contributed by atoms with Crippen LogP contribution < -0.4 is 11.1 Å². The highest BCUT2D eigenvalue weighted by molar-refractivity contribution is 7.09. The summed E-state index contributed by atoms with van der Waals surface area (Å²) in [7, 11) is 0. The molecule has 6 heteroatoms. The minimum absolute atomic E-state index is 0.0207. The molecule has 0 spiro atoms. The third-order valence-electron chi connectivity index (χ3n) is 2.72. The van der Waals surface area contributed by atoms with Gasteiger partial charge in [0, 0.05) is 29.7 Å². The number of hydrogen-bond acceptors (Lipinski definition) is 5. The molecule has 5 nitrogen and oxygen atoms in total. The van der Waals surface area contributed by atoms with E-state index in [1.54, 1.807) is 17.5 Å². The van der Waals surface area contributed by atoms with E-state index in [0.29, 0.717) is 12.2 Å². The zero-order valence-corrected chi connectivity index (χ0v) is 11.3. The lowest BCUT2D eigenvalue weighted by molar-refractivity contribution is 0.0952. The van der Waals surface area contributed by atoms with Gasteiger partial charge in [0.2, 0.25) is 0 Å². The fourth-order valence-corrected chi connectivity index (χ4v) is 2.35. The van der Waals surface area contributed by atoms with Gasteiger partial charge in [-0.15, -0.1) is 11.3 Å². The number of nitrogens with zero attached hydrogens (tertiary/aromatic N) is 1. The number of aromatic hydroxyl groups is 1. The van der Waals surface area contributed by atoms with E-state index in [1.807, 2.05) is 12.3 Å². The summed E-state index contributed by atoms with van der Waals surface area (Å²) >= 11 is 1.56. The Morgan fingerprint density at radius 2 is 2.37 bits per heavy atom. The van der Waals surface area contributed by atoms with Gasteiger partial charge in [0.1, 0.15) is 5.75 Å². The molecule has 1 unspecified atom stereocenters. The fourth-order valence-electron chi connectivity index (χ4n) is 1.65. The molecule has 0 aliphatic rings. The number of hydrogen-bond donors (Lipinski definition) is 3. The van der Waals surface area contributed by atoms with Crippen molar-refractivity contribution in [3.05, 3.63) is 40.3 Å². The van der Waals surface area contributed by atoms with Crippen molar-refractivity contribution in [3.8, 4) is 5.75 Å². The number of nitrogens with one attached hydrogen (secondary N) is 1. The number of phenols is 1. The van der Waals surface area contributed by atoms with Gasteiger partial charge in [-0.2, -0.15) is 0 Å². The van der Waals surface area contributed by atoms with Crippen molar-refractivity contribution in [2.24, 2.45) is 0 Å². The van der Waals surface area contributed by atoms with Gasteiger partial charge >= 0.3 is 0 Å². The molecule has 0 aliphatic heterocycles. The Morgan fingerprint density at radius 3 is 3.05 bits per heavy atom. The average Bonchev–Trinajstić information content (AvgIpc) is 2.92. The van der Waals surface area contributed by atoms with Crippen LogP contribution in [-0.2, 0) is 0 Å². The molecule has 100 valence electrons. The van der Waals surface area contributed by atoms with Crippen molar-refractivity contribution in [1.29, 1.82) is 0 Å². The van der Waals surface area contributed by atoms with Crippen LogP contribution in [-0.4, -0.2) is 22.5 Å². The molecule has 1 atom stereocenters. The molecule has 2 rings (SSSR count). The summed E-state index contributed by atoms with van der Waals surface area (Å²) in [6.45, 7) is 2.46. The number of amides is 1. The number of phenolic OH excluding ortho intramolecular Hbond substituents is 1. The van der Waals surface area contributed by atoms with Crippen molar-refractivity contribution >= 4 is 22.9 Å². The van der Waals surface area contributed by atoms with Crippen molar-refractivity contribution < 1.29 is 9.90 Å². The molecular weight excluding hydrogens is 262 g/mol. The summed E-state index contributed by atoms with van der Waals surface area (Å²) in [4.78, 5) is 16.2. The summed E-state index contributed by atoms with van der Waals surface area (Å²) in [6, 6.07) is 4.32. The standard InChI is InChI=1S/C13H15N3O2S/c1-8(13-15-4-5-19-13)7-16-12(18)10-6-9(17)2-3-11(10)14/h2-6,8,17H,7,14H2,1H3,(H,16,18). The first-order valence-corrected chi connectivity index (χ1v) is 6.72. The van der Waals surface area contributed by atoms with E-state index < -0.39 is 0 Å². The monoisotopic (exact) mass is 277 g/mol. The van der Waals surface area contributed by atoms with Gasteiger partial charge in [-0.3, -0.25) is 4.79 Å². The molecule has 1 amide bonds. The molecule has 0 fully saturated rings. The predicted molar refractivity (Wildman–Crippen MR) is 75.4 cm³/mol. The van der Waals surface area contributed by atoms with E-state index in [2.05, 4.69) is 10.3 Å².